The summed E-state index contributed by atoms with van der Waals surface area (Å²) >= 11 is 0. The average Bonchev–Trinajstić information content (AvgIpc) is 2.55. The maximum atomic E-state index is 11.7. The van der Waals surface area contributed by atoms with E-state index in [0.717, 1.165) is 16.7 Å². The highest BCUT2D eigenvalue weighted by molar-refractivity contribution is 5.91. The molecule has 0 aliphatic carbocycles. The van der Waals surface area contributed by atoms with Crippen LogP contribution in [0.2, 0.25) is 0 Å². The second-order valence-corrected chi connectivity index (χ2v) is 5.24. The molecule has 0 unspecified atom stereocenters. The van der Waals surface area contributed by atoms with Gasteiger partial charge in [-0.05, 0) is 42.2 Å². The molecule has 2 N–H and O–H groups in total. The van der Waals surface area contributed by atoms with Gasteiger partial charge >= 0.3 is 5.97 Å². The van der Waals surface area contributed by atoms with Crippen LogP contribution >= 0.6 is 0 Å². The fraction of sp³-hybridized carbons (Fsp3) is 0.158. The number of carboxylic acids is 1. The Labute approximate surface area is 135 Å². The van der Waals surface area contributed by atoms with Crippen LogP contribution in [0.5, 0.6) is 0 Å². The minimum absolute atomic E-state index is 0.167. The molecule has 23 heavy (non-hydrogen) atoms. The Morgan fingerprint density at radius 3 is 2.57 bits per heavy atom. The molecule has 0 atom stereocenters. The highest BCUT2D eigenvalue weighted by atomic mass is 16.4. The molecule has 0 aliphatic heterocycles. The van der Waals surface area contributed by atoms with Crippen LogP contribution < -0.4 is 5.32 Å². The molecule has 0 fully saturated rings. The van der Waals surface area contributed by atoms with Crippen molar-refractivity contribution in [3.63, 3.8) is 0 Å². The van der Waals surface area contributed by atoms with Crippen molar-refractivity contribution in [2.24, 2.45) is 0 Å². The Balaban J connectivity index is 1.85. The lowest BCUT2D eigenvalue weighted by atomic mass is 10.0. The molecule has 2 aromatic carbocycles. The van der Waals surface area contributed by atoms with Gasteiger partial charge in [-0.2, -0.15) is 0 Å². The van der Waals surface area contributed by atoms with E-state index in [0.29, 0.717) is 18.5 Å². The summed E-state index contributed by atoms with van der Waals surface area (Å²) in [6.07, 6.45) is 3.84. The van der Waals surface area contributed by atoms with Gasteiger partial charge in [0.05, 0.1) is 5.56 Å². The second kappa shape index (κ2) is 7.94. The Hall–Kier alpha value is -2.88. The molecular formula is C19H19NO3. The lowest BCUT2D eigenvalue weighted by Gasteiger charge is -2.06. The third-order valence-corrected chi connectivity index (χ3v) is 3.47. The summed E-state index contributed by atoms with van der Waals surface area (Å²) in [5.41, 5.74) is 2.89. The molecular weight excluding hydrogens is 290 g/mol. The van der Waals surface area contributed by atoms with E-state index in [4.69, 9.17) is 5.11 Å². The van der Waals surface area contributed by atoms with Gasteiger partial charge in [0.2, 0.25) is 5.91 Å². The van der Waals surface area contributed by atoms with Crippen LogP contribution in [0.25, 0.3) is 6.08 Å². The molecule has 118 valence electrons. The van der Waals surface area contributed by atoms with E-state index in [2.05, 4.69) is 5.32 Å². The normalized spacial score (nSPS) is 10.7. The van der Waals surface area contributed by atoms with Crippen molar-refractivity contribution in [3.8, 4) is 0 Å². The van der Waals surface area contributed by atoms with Crippen molar-refractivity contribution in [1.29, 1.82) is 0 Å². The van der Waals surface area contributed by atoms with E-state index in [1.807, 2.05) is 36.4 Å². The van der Waals surface area contributed by atoms with Crippen LogP contribution in [0.3, 0.4) is 0 Å². The Bertz CT molecular complexity index is 721. The monoisotopic (exact) mass is 309 g/mol. The maximum Gasteiger partial charge on any atom is 0.335 e. The summed E-state index contributed by atoms with van der Waals surface area (Å²) in [6.45, 7) is 2.23. The van der Waals surface area contributed by atoms with Crippen LogP contribution in [0.15, 0.2) is 54.6 Å². The van der Waals surface area contributed by atoms with Crippen molar-refractivity contribution >= 4 is 18.0 Å². The van der Waals surface area contributed by atoms with Gasteiger partial charge in [-0.3, -0.25) is 4.79 Å². The number of aromatic carboxylic acids is 1. The molecule has 2 rings (SSSR count). The smallest absolute Gasteiger partial charge is 0.335 e. The summed E-state index contributed by atoms with van der Waals surface area (Å²) in [6, 6.07) is 14.9. The number of carbonyl (C=O) groups excluding carboxylic acids is 1. The fourth-order valence-electron chi connectivity index (χ4n) is 2.18. The number of nitrogens with one attached hydrogen (secondary N) is 1. The van der Waals surface area contributed by atoms with Gasteiger partial charge in [-0.25, -0.2) is 4.79 Å². The summed E-state index contributed by atoms with van der Waals surface area (Å²) in [7, 11) is 0. The van der Waals surface area contributed by atoms with Crippen molar-refractivity contribution in [2.75, 3.05) is 6.54 Å². The van der Waals surface area contributed by atoms with Crippen LogP contribution in [-0.4, -0.2) is 23.5 Å². The van der Waals surface area contributed by atoms with E-state index >= 15 is 0 Å². The fourth-order valence-corrected chi connectivity index (χ4v) is 2.18. The van der Waals surface area contributed by atoms with Crippen molar-refractivity contribution in [3.05, 3.63) is 76.9 Å². The standard InChI is InChI=1S/C19H19NO3/c1-14-7-8-16(13-17(14)19(22)23)11-12-20-18(21)10-9-15-5-3-2-4-6-15/h2-10,13H,11-12H2,1H3,(H,20,21)(H,22,23). The number of rotatable bonds is 6. The predicted molar refractivity (Wildman–Crippen MR) is 90.3 cm³/mol. The Morgan fingerprint density at radius 1 is 1.13 bits per heavy atom. The van der Waals surface area contributed by atoms with E-state index in [9.17, 15) is 9.59 Å². The Kier molecular flexibility index (Phi) is 5.69. The highest BCUT2D eigenvalue weighted by Gasteiger charge is 2.07. The molecule has 0 saturated carbocycles. The topological polar surface area (TPSA) is 66.4 Å². The van der Waals surface area contributed by atoms with E-state index < -0.39 is 5.97 Å². The molecule has 4 nitrogen and oxygen atoms in total. The molecule has 2 aromatic rings. The second-order valence-electron chi connectivity index (χ2n) is 5.24. The highest BCUT2D eigenvalue weighted by Crippen LogP contribution is 2.11. The molecule has 0 saturated heterocycles. The third kappa shape index (κ3) is 5.11. The largest absolute Gasteiger partial charge is 0.478 e. The third-order valence-electron chi connectivity index (χ3n) is 3.47. The van der Waals surface area contributed by atoms with E-state index in [1.54, 1.807) is 25.1 Å². The predicted octanol–water partition coefficient (Wildman–Crippen LogP) is 3.07. The lowest BCUT2D eigenvalue weighted by molar-refractivity contribution is -0.116. The Morgan fingerprint density at radius 2 is 1.87 bits per heavy atom. The number of hydrogen-bond acceptors (Lipinski definition) is 2. The number of carboxylic acid groups (broad SMARTS) is 1. The van der Waals surface area contributed by atoms with Crippen molar-refractivity contribution in [1.82, 2.24) is 5.32 Å². The van der Waals surface area contributed by atoms with Gasteiger partial charge < -0.3 is 10.4 Å². The molecule has 0 heterocycles. The average molecular weight is 309 g/mol. The minimum Gasteiger partial charge on any atom is -0.478 e. The van der Waals surface area contributed by atoms with E-state index in [-0.39, 0.29) is 5.91 Å². The first kappa shape index (κ1) is 16.5. The molecule has 0 bridgehead atoms. The van der Waals surface area contributed by atoms with Crippen molar-refractivity contribution in [2.45, 2.75) is 13.3 Å². The number of carbonyl (C=O) groups is 2. The first-order valence-electron chi connectivity index (χ1n) is 7.40. The summed E-state index contributed by atoms with van der Waals surface area (Å²) in [4.78, 5) is 22.8. The number of benzene rings is 2. The molecule has 0 spiro atoms. The van der Waals surface area contributed by atoms with Gasteiger partial charge in [0.25, 0.3) is 0 Å². The van der Waals surface area contributed by atoms with E-state index in [1.165, 1.54) is 6.08 Å². The first-order valence-corrected chi connectivity index (χ1v) is 7.40. The molecule has 0 aliphatic rings. The zero-order chi connectivity index (χ0) is 16.7. The molecule has 4 heteroatoms. The number of amides is 1. The van der Waals surface area contributed by atoms with Gasteiger partial charge in [0.1, 0.15) is 0 Å². The number of aryl methyl sites for hydroxylation is 1. The van der Waals surface area contributed by atoms with Gasteiger partial charge in [-0.1, -0.05) is 42.5 Å². The lowest BCUT2D eigenvalue weighted by Crippen LogP contribution is -2.23. The summed E-state index contributed by atoms with van der Waals surface area (Å²) < 4.78 is 0. The van der Waals surface area contributed by atoms with Crippen LogP contribution in [0.1, 0.15) is 27.0 Å². The summed E-state index contributed by atoms with van der Waals surface area (Å²) in [5, 5.41) is 11.9. The first-order chi connectivity index (χ1) is 11.1. The number of hydrogen-bond donors (Lipinski definition) is 2. The van der Waals surface area contributed by atoms with Gasteiger partial charge in [-0.15, -0.1) is 0 Å². The minimum atomic E-state index is -0.931. The van der Waals surface area contributed by atoms with Crippen molar-refractivity contribution < 1.29 is 14.7 Å². The van der Waals surface area contributed by atoms with Gasteiger partial charge in [0.15, 0.2) is 0 Å². The SMILES string of the molecule is Cc1ccc(CCNC(=O)C=Cc2ccccc2)cc1C(=O)O. The molecule has 0 radical (unpaired) electrons. The zero-order valence-electron chi connectivity index (χ0n) is 13.0. The van der Waals surface area contributed by atoms with Crippen LogP contribution in [0.4, 0.5) is 0 Å². The van der Waals surface area contributed by atoms with Crippen LogP contribution in [-0.2, 0) is 11.2 Å². The zero-order valence-corrected chi connectivity index (χ0v) is 13.0. The quantitative estimate of drug-likeness (QED) is 0.806. The maximum absolute atomic E-state index is 11.7. The molecule has 1 amide bonds. The molecule has 0 aromatic heterocycles. The summed E-state index contributed by atoms with van der Waals surface area (Å²) in [5.74, 6) is -1.10. The van der Waals surface area contributed by atoms with Crippen LogP contribution in [0, 0.1) is 6.92 Å². The van der Waals surface area contributed by atoms with Gasteiger partial charge in [0, 0.05) is 12.6 Å².